The van der Waals surface area contributed by atoms with Crippen LogP contribution in [0.3, 0.4) is 0 Å². The van der Waals surface area contributed by atoms with Crippen molar-refractivity contribution in [3.05, 3.63) is 40.3 Å². The highest BCUT2D eigenvalue weighted by molar-refractivity contribution is 7.15. The average molecular weight is 352 g/mol. The van der Waals surface area contributed by atoms with Crippen LogP contribution >= 0.6 is 22.9 Å². The predicted octanol–water partition coefficient (Wildman–Crippen LogP) is 4.39. The van der Waals surface area contributed by atoms with E-state index >= 15 is 0 Å². The van der Waals surface area contributed by atoms with E-state index in [1.54, 1.807) is 6.92 Å². The fourth-order valence-electron chi connectivity index (χ4n) is 2.14. The molecule has 122 valence electrons. The van der Waals surface area contributed by atoms with Crippen LogP contribution in [0.1, 0.15) is 28.4 Å². The summed E-state index contributed by atoms with van der Waals surface area (Å²) in [5.74, 6) is -0.975. The van der Waals surface area contributed by atoms with Crippen LogP contribution in [-0.4, -0.2) is 24.4 Å². The van der Waals surface area contributed by atoms with Crippen molar-refractivity contribution in [3.63, 3.8) is 0 Å². The molecule has 2 rings (SSSR count). The molecule has 0 radical (unpaired) electrons. The Balaban J connectivity index is 2.52. The lowest BCUT2D eigenvalue weighted by Crippen LogP contribution is -2.15. The number of anilines is 1. The van der Waals surface area contributed by atoms with E-state index in [4.69, 9.17) is 16.3 Å². The van der Waals surface area contributed by atoms with Crippen molar-refractivity contribution >= 4 is 39.8 Å². The van der Waals surface area contributed by atoms with Gasteiger partial charge in [0.1, 0.15) is 16.4 Å². The topological polar surface area (TPSA) is 55.4 Å². The standard InChI is InChI=1S/C17H18ClNO3S/c1-4-22-17(21)15-13(9-23-16(15)19-14(20)8-18)12-6-5-10(2)11(3)7-12/h5-7,9H,4,8H2,1-3H3,(H,19,20). The third-order valence-corrected chi connectivity index (χ3v) is 4.60. The Morgan fingerprint density at radius 3 is 2.61 bits per heavy atom. The molecular formula is C17H18ClNO3S. The molecule has 0 aliphatic heterocycles. The number of esters is 1. The van der Waals surface area contributed by atoms with Crippen LogP contribution in [0.15, 0.2) is 23.6 Å². The molecule has 0 unspecified atom stereocenters. The van der Waals surface area contributed by atoms with Crippen molar-refractivity contribution in [1.29, 1.82) is 0 Å². The van der Waals surface area contributed by atoms with Crippen molar-refractivity contribution in [2.24, 2.45) is 0 Å². The molecule has 1 amide bonds. The third kappa shape index (κ3) is 3.92. The molecule has 0 spiro atoms. The zero-order valence-corrected chi connectivity index (χ0v) is 14.8. The van der Waals surface area contributed by atoms with E-state index in [0.717, 1.165) is 16.7 Å². The average Bonchev–Trinajstić information content (AvgIpc) is 2.93. The SMILES string of the molecule is CCOC(=O)c1c(-c2ccc(C)c(C)c2)csc1NC(=O)CCl. The molecule has 0 aliphatic carbocycles. The van der Waals surface area contributed by atoms with Crippen LogP contribution in [0.5, 0.6) is 0 Å². The van der Waals surface area contributed by atoms with Gasteiger partial charge in [-0.1, -0.05) is 18.2 Å². The van der Waals surface area contributed by atoms with Gasteiger partial charge >= 0.3 is 5.97 Å². The summed E-state index contributed by atoms with van der Waals surface area (Å²) in [6.45, 7) is 6.07. The van der Waals surface area contributed by atoms with E-state index < -0.39 is 5.97 Å². The lowest BCUT2D eigenvalue weighted by molar-refractivity contribution is -0.113. The first kappa shape index (κ1) is 17.5. The third-order valence-electron chi connectivity index (χ3n) is 3.46. The Bertz CT molecular complexity index is 739. The summed E-state index contributed by atoms with van der Waals surface area (Å²) in [4.78, 5) is 23.9. The molecule has 0 saturated heterocycles. The van der Waals surface area contributed by atoms with E-state index in [1.807, 2.05) is 37.4 Å². The number of alkyl halides is 1. The number of halogens is 1. The molecule has 1 N–H and O–H groups in total. The number of amides is 1. The summed E-state index contributed by atoms with van der Waals surface area (Å²) in [5, 5.41) is 4.97. The number of nitrogens with one attached hydrogen (secondary N) is 1. The van der Waals surface area contributed by atoms with Gasteiger partial charge in [0.25, 0.3) is 0 Å². The van der Waals surface area contributed by atoms with Gasteiger partial charge in [-0.15, -0.1) is 22.9 Å². The second kappa shape index (κ2) is 7.62. The van der Waals surface area contributed by atoms with Gasteiger partial charge in [-0.3, -0.25) is 4.79 Å². The van der Waals surface area contributed by atoms with E-state index in [1.165, 1.54) is 16.9 Å². The summed E-state index contributed by atoms with van der Waals surface area (Å²) < 4.78 is 5.14. The highest BCUT2D eigenvalue weighted by Gasteiger charge is 2.22. The van der Waals surface area contributed by atoms with E-state index in [0.29, 0.717) is 10.6 Å². The number of thiophene rings is 1. The summed E-state index contributed by atoms with van der Waals surface area (Å²) in [5.41, 5.74) is 4.35. The molecule has 0 bridgehead atoms. The Hall–Kier alpha value is -1.85. The Morgan fingerprint density at radius 1 is 1.26 bits per heavy atom. The summed E-state index contributed by atoms with van der Waals surface area (Å²) in [6, 6.07) is 5.99. The van der Waals surface area contributed by atoms with Gasteiger partial charge in [0.05, 0.1) is 6.61 Å². The Kier molecular flexibility index (Phi) is 5.80. The van der Waals surface area contributed by atoms with Crippen LogP contribution < -0.4 is 5.32 Å². The van der Waals surface area contributed by atoms with Crippen LogP contribution in [-0.2, 0) is 9.53 Å². The normalized spacial score (nSPS) is 10.4. The van der Waals surface area contributed by atoms with Crippen molar-refractivity contribution in [2.45, 2.75) is 20.8 Å². The number of carbonyl (C=O) groups is 2. The summed E-state index contributed by atoms with van der Waals surface area (Å²) in [7, 11) is 0. The Labute approximate surface area is 144 Å². The largest absolute Gasteiger partial charge is 0.462 e. The number of rotatable bonds is 5. The van der Waals surface area contributed by atoms with Crippen LogP contribution in [0.25, 0.3) is 11.1 Å². The minimum Gasteiger partial charge on any atom is -0.462 e. The van der Waals surface area contributed by atoms with E-state index in [2.05, 4.69) is 5.32 Å². The number of hydrogen-bond donors (Lipinski definition) is 1. The summed E-state index contributed by atoms with van der Waals surface area (Å²) >= 11 is 6.82. The van der Waals surface area contributed by atoms with Crippen molar-refractivity contribution in [3.8, 4) is 11.1 Å². The Morgan fingerprint density at radius 2 is 2.00 bits per heavy atom. The van der Waals surface area contributed by atoms with Crippen LogP contribution in [0.2, 0.25) is 0 Å². The molecule has 6 heteroatoms. The molecular weight excluding hydrogens is 334 g/mol. The molecule has 0 atom stereocenters. The second-order valence-electron chi connectivity index (χ2n) is 5.05. The molecule has 1 aromatic heterocycles. The van der Waals surface area contributed by atoms with Crippen molar-refractivity contribution in [1.82, 2.24) is 0 Å². The molecule has 0 fully saturated rings. The van der Waals surface area contributed by atoms with Gasteiger partial charge < -0.3 is 10.1 Å². The monoisotopic (exact) mass is 351 g/mol. The smallest absolute Gasteiger partial charge is 0.341 e. The number of hydrogen-bond acceptors (Lipinski definition) is 4. The predicted molar refractivity (Wildman–Crippen MR) is 94.5 cm³/mol. The number of carbonyl (C=O) groups excluding carboxylic acids is 2. The fourth-order valence-corrected chi connectivity index (χ4v) is 3.18. The van der Waals surface area contributed by atoms with Gasteiger partial charge in [0, 0.05) is 10.9 Å². The molecule has 1 heterocycles. The quantitative estimate of drug-likeness (QED) is 0.642. The zero-order chi connectivity index (χ0) is 17.0. The maximum absolute atomic E-state index is 12.3. The molecule has 2 aromatic rings. The highest BCUT2D eigenvalue weighted by atomic mass is 35.5. The number of ether oxygens (including phenoxy) is 1. The lowest BCUT2D eigenvalue weighted by atomic mass is 9.99. The zero-order valence-electron chi connectivity index (χ0n) is 13.2. The molecule has 1 aromatic carbocycles. The molecule has 23 heavy (non-hydrogen) atoms. The van der Waals surface area contributed by atoms with E-state index in [-0.39, 0.29) is 18.4 Å². The first-order valence-corrected chi connectivity index (χ1v) is 8.61. The fraction of sp³-hybridized carbons (Fsp3) is 0.294. The van der Waals surface area contributed by atoms with E-state index in [9.17, 15) is 9.59 Å². The maximum Gasteiger partial charge on any atom is 0.341 e. The number of benzene rings is 1. The van der Waals surface area contributed by atoms with Gasteiger partial charge in [0.2, 0.25) is 5.91 Å². The van der Waals surface area contributed by atoms with Crippen molar-refractivity contribution in [2.75, 3.05) is 17.8 Å². The van der Waals surface area contributed by atoms with Gasteiger partial charge in [-0.05, 0) is 37.5 Å². The number of aryl methyl sites for hydroxylation is 2. The first-order chi connectivity index (χ1) is 11.0. The lowest BCUT2D eigenvalue weighted by Gasteiger charge is -2.09. The minimum atomic E-state index is -0.452. The minimum absolute atomic E-state index is 0.168. The van der Waals surface area contributed by atoms with Crippen molar-refractivity contribution < 1.29 is 14.3 Å². The first-order valence-electron chi connectivity index (χ1n) is 7.20. The van der Waals surface area contributed by atoms with Crippen LogP contribution in [0, 0.1) is 13.8 Å². The highest BCUT2D eigenvalue weighted by Crippen LogP contribution is 2.36. The van der Waals surface area contributed by atoms with Crippen LogP contribution in [0.4, 0.5) is 5.00 Å². The maximum atomic E-state index is 12.3. The molecule has 0 aliphatic rings. The molecule has 0 saturated carbocycles. The summed E-state index contributed by atoms with van der Waals surface area (Å²) in [6.07, 6.45) is 0. The van der Waals surface area contributed by atoms with Gasteiger partial charge in [-0.25, -0.2) is 4.79 Å². The molecule has 4 nitrogen and oxygen atoms in total. The van der Waals surface area contributed by atoms with Gasteiger partial charge in [-0.2, -0.15) is 0 Å². The van der Waals surface area contributed by atoms with Gasteiger partial charge in [0.15, 0.2) is 0 Å². The second-order valence-corrected chi connectivity index (χ2v) is 6.20.